The summed E-state index contributed by atoms with van der Waals surface area (Å²) >= 11 is 0. The summed E-state index contributed by atoms with van der Waals surface area (Å²) < 4.78 is 5.34. The number of carbonyl (C=O) groups is 1. The number of amides is 1. The quantitative estimate of drug-likeness (QED) is 0.682. The molecule has 2 saturated heterocycles. The standard InChI is InChI=1S/C20H22N8O2/c1-30-14-2-3-16(28-23-7-8-24-28)15(10-14)19(29)27-11-13-5-9-26(12-17(13)27)20-22-6-4-18(21)25-20/h2-4,6-8,10,13,17H,5,9,11-12H2,1H3,(H2,21,22,25)/t13-,17-/m1/s1. The molecule has 4 heterocycles. The Morgan fingerprint density at radius 2 is 2.00 bits per heavy atom. The van der Waals surface area contributed by atoms with Gasteiger partial charge in [-0.1, -0.05) is 0 Å². The third-order valence-electron chi connectivity index (χ3n) is 5.83. The molecule has 5 rings (SSSR count). The molecule has 2 atom stereocenters. The zero-order valence-corrected chi connectivity index (χ0v) is 16.5. The molecule has 0 bridgehead atoms. The van der Waals surface area contributed by atoms with E-state index >= 15 is 0 Å². The number of aromatic nitrogens is 5. The van der Waals surface area contributed by atoms with Gasteiger partial charge in [-0.3, -0.25) is 4.79 Å². The van der Waals surface area contributed by atoms with E-state index in [1.165, 1.54) is 4.80 Å². The first-order chi connectivity index (χ1) is 14.6. The summed E-state index contributed by atoms with van der Waals surface area (Å²) in [7, 11) is 1.58. The first-order valence-electron chi connectivity index (χ1n) is 9.83. The Balaban J connectivity index is 1.41. The van der Waals surface area contributed by atoms with Crippen molar-refractivity contribution >= 4 is 17.7 Å². The molecule has 0 unspecified atom stereocenters. The molecule has 2 aromatic heterocycles. The number of hydrogen-bond donors (Lipinski definition) is 1. The van der Waals surface area contributed by atoms with Crippen LogP contribution in [0.1, 0.15) is 16.8 Å². The van der Waals surface area contributed by atoms with Crippen LogP contribution in [0.4, 0.5) is 11.8 Å². The predicted octanol–water partition coefficient (Wildman–Crippen LogP) is 0.999. The van der Waals surface area contributed by atoms with Crippen LogP contribution in [0, 0.1) is 5.92 Å². The summed E-state index contributed by atoms with van der Waals surface area (Å²) in [6.45, 7) is 2.27. The molecule has 2 aliphatic rings. The van der Waals surface area contributed by atoms with Crippen molar-refractivity contribution in [1.82, 2.24) is 29.9 Å². The highest BCUT2D eigenvalue weighted by atomic mass is 16.5. The van der Waals surface area contributed by atoms with Gasteiger partial charge in [-0.2, -0.15) is 20.0 Å². The molecule has 2 N–H and O–H groups in total. The number of methoxy groups -OCH3 is 1. The number of anilines is 2. The summed E-state index contributed by atoms with van der Waals surface area (Å²) in [5.74, 6) is 2.08. The molecular formula is C20H22N8O2. The smallest absolute Gasteiger partial charge is 0.256 e. The van der Waals surface area contributed by atoms with Gasteiger partial charge in [-0.05, 0) is 30.7 Å². The molecule has 0 aliphatic carbocycles. The second-order valence-corrected chi connectivity index (χ2v) is 7.50. The molecule has 1 amide bonds. The van der Waals surface area contributed by atoms with Crippen LogP contribution in [0.3, 0.4) is 0 Å². The fraction of sp³-hybridized carbons (Fsp3) is 0.350. The number of nitrogens with two attached hydrogens (primary N) is 1. The number of hydrogen-bond acceptors (Lipinski definition) is 8. The van der Waals surface area contributed by atoms with Gasteiger partial charge in [0.25, 0.3) is 5.91 Å². The molecule has 0 radical (unpaired) electrons. The third-order valence-corrected chi connectivity index (χ3v) is 5.83. The monoisotopic (exact) mass is 406 g/mol. The second-order valence-electron chi connectivity index (χ2n) is 7.50. The number of rotatable bonds is 4. The first kappa shape index (κ1) is 18.3. The number of nitrogens with zero attached hydrogens (tertiary/aromatic N) is 7. The molecule has 1 aromatic carbocycles. The lowest BCUT2D eigenvalue weighted by molar-refractivity contribution is 0.00764. The van der Waals surface area contributed by atoms with Gasteiger partial charge in [-0.15, -0.1) is 0 Å². The van der Waals surface area contributed by atoms with Gasteiger partial charge in [0.2, 0.25) is 5.95 Å². The van der Waals surface area contributed by atoms with Crippen molar-refractivity contribution in [2.24, 2.45) is 5.92 Å². The lowest BCUT2D eigenvalue weighted by Crippen LogP contribution is -2.66. The predicted molar refractivity (Wildman–Crippen MR) is 109 cm³/mol. The summed E-state index contributed by atoms with van der Waals surface area (Å²) in [4.78, 5) is 27.6. The Labute approximate surface area is 173 Å². The van der Waals surface area contributed by atoms with Crippen LogP contribution in [0.25, 0.3) is 5.69 Å². The maximum Gasteiger partial charge on any atom is 0.256 e. The zero-order chi connectivity index (χ0) is 20.7. The van der Waals surface area contributed by atoms with Crippen LogP contribution < -0.4 is 15.4 Å². The van der Waals surface area contributed by atoms with Crippen LogP contribution in [-0.2, 0) is 0 Å². The van der Waals surface area contributed by atoms with E-state index in [-0.39, 0.29) is 11.9 Å². The Morgan fingerprint density at radius 3 is 2.77 bits per heavy atom. The number of benzene rings is 1. The van der Waals surface area contributed by atoms with Crippen molar-refractivity contribution in [2.45, 2.75) is 12.5 Å². The minimum Gasteiger partial charge on any atom is -0.497 e. The van der Waals surface area contributed by atoms with Crippen LogP contribution in [0.5, 0.6) is 5.75 Å². The molecule has 2 aliphatic heterocycles. The van der Waals surface area contributed by atoms with Gasteiger partial charge in [0.15, 0.2) is 0 Å². The van der Waals surface area contributed by atoms with Crippen molar-refractivity contribution in [3.63, 3.8) is 0 Å². The number of likely N-dealkylation sites (tertiary alicyclic amines) is 1. The molecule has 10 heteroatoms. The molecule has 0 spiro atoms. The molecule has 2 fully saturated rings. The summed E-state index contributed by atoms with van der Waals surface area (Å²) in [5, 5.41) is 8.37. The van der Waals surface area contributed by atoms with E-state index < -0.39 is 0 Å². The van der Waals surface area contributed by atoms with Gasteiger partial charge < -0.3 is 20.3 Å². The fourth-order valence-electron chi connectivity index (χ4n) is 4.21. The highest BCUT2D eigenvalue weighted by Gasteiger charge is 2.46. The number of piperidine rings is 1. The largest absolute Gasteiger partial charge is 0.497 e. The molecule has 0 saturated carbocycles. The van der Waals surface area contributed by atoms with Crippen molar-refractivity contribution in [1.29, 1.82) is 0 Å². The average Bonchev–Trinajstić information content (AvgIpc) is 3.29. The third kappa shape index (κ3) is 3.10. The summed E-state index contributed by atoms with van der Waals surface area (Å²) in [6.07, 6.45) is 5.82. The van der Waals surface area contributed by atoms with E-state index in [0.717, 1.165) is 19.5 Å². The van der Waals surface area contributed by atoms with Crippen molar-refractivity contribution in [3.05, 3.63) is 48.4 Å². The van der Waals surface area contributed by atoms with Gasteiger partial charge >= 0.3 is 0 Å². The Kier molecular flexibility index (Phi) is 4.46. The van der Waals surface area contributed by atoms with Crippen molar-refractivity contribution in [2.75, 3.05) is 37.4 Å². The van der Waals surface area contributed by atoms with Crippen LogP contribution in [-0.4, -0.2) is 68.6 Å². The average molecular weight is 406 g/mol. The SMILES string of the molecule is COc1ccc(-n2nccn2)c(C(=O)N2C[C@H]3CCN(c4nccc(N)n4)C[C@H]32)c1. The van der Waals surface area contributed by atoms with Gasteiger partial charge in [0.05, 0.1) is 36.8 Å². The topological polar surface area (TPSA) is 115 Å². The van der Waals surface area contributed by atoms with Gasteiger partial charge in [0, 0.05) is 31.7 Å². The Morgan fingerprint density at radius 1 is 1.17 bits per heavy atom. The number of ether oxygens (including phenoxy) is 1. The second kappa shape index (κ2) is 7.29. The maximum absolute atomic E-state index is 13.5. The molecule has 30 heavy (non-hydrogen) atoms. The fourth-order valence-corrected chi connectivity index (χ4v) is 4.21. The molecule has 3 aromatic rings. The van der Waals surface area contributed by atoms with E-state index in [9.17, 15) is 4.79 Å². The van der Waals surface area contributed by atoms with Gasteiger partial charge in [0.1, 0.15) is 11.6 Å². The minimum atomic E-state index is -0.0576. The first-order valence-corrected chi connectivity index (χ1v) is 9.83. The van der Waals surface area contributed by atoms with E-state index in [0.29, 0.717) is 41.2 Å². The van der Waals surface area contributed by atoms with Crippen LogP contribution in [0.2, 0.25) is 0 Å². The van der Waals surface area contributed by atoms with Crippen LogP contribution in [0.15, 0.2) is 42.9 Å². The normalized spacial score (nSPS) is 20.4. The Bertz CT molecular complexity index is 1070. The lowest BCUT2D eigenvalue weighted by atomic mass is 9.81. The highest BCUT2D eigenvalue weighted by Crippen LogP contribution is 2.36. The van der Waals surface area contributed by atoms with E-state index in [2.05, 4.69) is 25.1 Å². The molecular weight excluding hydrogens is 384 g/mol. The molecule has 10 nitrogen and oxygen atoms in total. The van der Waals surface area contributed by atoms with Gasteiger partial charge in [-0.25, -0.2) is 4.98 Å². The lowest BCUT2D eigenvalue weighted by Gasteiger charge is -2.53. The maximum atomic E-state index is 13.5. The van der Waals surface area contributed by atoms with E-state index in [4.69, 9.17) is 10.5 Å². The number of fused-ring (bicyclic) bond motifs is 1. The van der Waals surface area contributed by atoms with E-state index in [1.807, 2.05) is 4.90 Å². The van der Waals surface area contributed by atoms with Crippen molar-refractivity contribution in [3.8, 4) is 11.4 Å². The van der Waals surface area contributed by atoms with E-state index in [1.54, 1.807) is 50.0 Å². The summed E-state index contributed by atoms with van der Waals surface area (Å²) in [5.41, 5.74) is 6.96. The highest BCUT2D eigenvalue weighted by molar-refractivity contribution is 5.99. The van der Waals surface area contributed by atoms with Crippen LogP contribution >= 0.6 is 0 Å². The number of carbonyl (C=O) groups excluding carboxylic acids is 1. The summed E-state index contributed by atoms with van der Waals surface area (Å²) in [6, 6.07) is 7.12. The minimum absolute atomic E-state index is 0.0576. The Hall–Kier alpha value is -3.69. The zero-order valence-electron chi connectivity index (χ0n) is 16.5. The number of nitrogen functional groups attached to an aromatic ring is 1. The molecule has 154 valence electrons. The van der Waals surface area contributed by atoms with Crippen molar-refractivity contribution < 1.29 is 9.53 Å².